The van der Waals surface area contributed by atoms with E-state index in [4.69, 9.17) is 0 Å². The van der Waals surface area contributed by atoms with Crippen molar-refractivity contribution in [3.05, 3.63) is 33.9 Å². The maximum Gasteiger partial charge on any atom is 0.162 e. The fraction of sp³-hybridized carbons (Fsp3) is 0.500. The van der Waals surface area contributed by atoms with Gasteiger partial charge in [-0.3, -0.25) is 4.79 Å². The summed E-state index contributed by atoms with van der Waals surface area (Å²) in [5.41, 5.74) is 2.02. The lowest BCUT2D eigenvalue weighted by atomic mass is 10.0. The van der Waals surface area contributed by atoms with E-state index in [9.17, 15) is 4.79 Å². The Morgan fingerprint density at radius 1 is 1.38 bits per heavy atom. The minimum absolute atomic E-state index is 0.268. The average Bonchev–Trinajstić information content (AvgIpc) is 2.33. The minimum atomic E-state index is 0.268. The molecule has 1 nitrogen and oxygen atoms in total. The minimum Gasteiger partial charge on any atom is -0.294 e. The summed E-state index contributed by atoms with van der Waals surface area (Å²) in [5.74, 6) is 0.268. The van der Waals surface area contributed by atoms with Crippen LogP contribution in [0.1, 0.15) is 46.0 Å². The lowest BCUT2D eigenvalue weighted by Crippen LogP contribution is -2.00. The van der Waals surface area contributed by atoms with Crippen LogP contribution in [-0.4, -0.2) is 5.78 Å². The fourth-order valence-corrected chi connectivity index (χ4v) is 2.04. The van der Waals surface area contributed by atoms with Crippen molar-refractivity contribution in [2.45, 2.75) is 46.0 Å². The second-order valence-electron chi connectivity index (χ2n) is 4.14. The molecule has 0 atom stereocenters. The standard InChI is InChI=1S/C14H19BrO/c1-3-7-14(16)12-8-5-4-6-9-13(15)11(2)10-12/h8-10H,3-7H2,1-2H3/b11-10-,12-8-,13-9?. The van der Waals surface area contributed by atoms with E-state index in [1.165, 1.54) is 0 Å². The van der Waals surface area contributed by atoms with Gasteiger partial charge in [0.2, 0.25) is 0 Å². The van der Waals surface area contributed by atoms with Gasteiger partial charge in [-0.25, -0.2) is 0 Å². The van der Waals surface area contributed by atoms with Gasteiger partial charge in [0.15, 0.2) is 5.78 Å². The van der Waals surface area contributed by atoms with Gasteiger partial charge in [0.1, 0.15) is 0 Å². The van der Waals surface area contributed by atoms with Crippen molar-refractivity contribution in [2.24, 2.45) is 0 Å². The second-order valence-corrected chi connectivity index (χ2v) is 5.00. The number of carbonyl (C=O) groups excluding carboxylic acids is 1. The van der Waals surface area contributed by atoms with Crippen LogP contribution in [0.5, 0.6) is 0 Å². The average molecular weight is 283 g/mol. The number of ketones is 1. The number of carbonyl (C=O) groups is 1. The Kier molecular flexibility index (Phi) is 5.75. The van der Waals surface area contributed by atoms with Gasteiger partial charge in [-0.05, 0) is 44.3 Å². The molecule has 0 saturated heterocycles. The van der Waals surface area contributed by atoms with E-state index in [-0.39, 0.29) is 5.78 Å². The second kappa shape index (κ2) is 6.85. The monoisotopic (exact) mass is 282 g/mol. The first kappa shape index (κ1) is 13.4. The molecule has 0 heterocycles. The first-order valence-electron chi connectivity index (χ1n) is 5.92. The summed E-state index contributed by atoms with van der Waals surface area (Å²) in [6.07, 6.45) is 11.0. The van der Waals surface area contributed by atoms with E-state index >= 15 is 0 Å². The van der Waals surface area contributed by atoms with Crippen LogP contribution in [0, 0.1) is 0 Å². The molecular weight excluding hydrogens is 264 g/mol. The molecule has 1 rings (SSSR count). The summed E-state index contributed by atoms with van der Waals surface area (Å²) in [4.78, 5) is 11.9. The molecule has 0 N–H and O–H groups in total. The number of hydrogen-bond acceptors (Lipinski definition) is 1. The predicted molar refractivity (Wildman–Crippen MR) is 72.6 cm³/mol. The zero-order chi connectivity index (χ0) is 12.0. The molecule has 0 aliphatic heterocycles. The third-order valence-corrected chi connectivity index (χ3v) is 3.59. The molecule has 16 heavy (non-hydrogen) atoms. The maximum absolute atomic E-state index is 11.9. The highest BCUT2D eigenvalue weighted by Gasteiger charge is 2.08. The molecule has 0 aromatic carbocycles. The molecule has 0 saturated carbocycles. The van der Waals surface area contributed by atoms with Crippen molar-refractivity contribution < 1.29 is 4.79 Å². The maximum atomic E-state index is 11.9. The molecule has 1 aliphatic rings. The van der Waals surface area contributed by atoms with Gasteiger partial charge in [0.25, 0.3) is 0 Å². The normalized spacial score (nSPS) is 24.1. The zero-order valence-electron chi connectivity index (χ0n) is 10.1. The van der Waals surface area contributed by atoms with E-state index in [1.807, 2.05) is 19.9 Å². The summed E-state index contributed by atoms with van der Waals surface area (Å²) in [5, 5.41) is 0. The highest BCUT2D eigenvalue weighted by atomic mass is 79.9. The molecule has 88 valence electrons. The zero-order valence-corrected chi connectivity index (χ0v) is 11.6. The van der Waals surface area contributed by atoms with Gasteiger partial charge in [-0.2, -0.15) is 0 Å². The molecule has 0 fully saturated rings. The van der Waals surface area contributed by atoms with Crippen LogP contribution in [0.25, 0.3) is 0 Å². The number of hydrogen-bond donors (Lipinski definition) is 0. The van der Waals surface area contributed by atoms with Gasteiger partial charge >= 0.3 is 0 Å². The van der Waals surface area contributed by atoms with Crippen LogP contribution in [0.2, 0.25) is 0 Å². The highest BCUT2D eigenvalue weighted by molar-refractivity contribution is 9.12. The lowest BCUT2D eigenvalue weighted by molar-refractivity contribution is -0.115. The quantitative estimate of drug-likeness (QED) is 0.734. The summed E-state index contributed by atoms with van der Waals surface area (Å²) in [6, 6.07) is 0. The van der Waals surface area contributed by atoms with Crippen molar-refractivity contribution in [1.82, 2.24) is 0 Å². The van der Waals surface area contributed by atoms with Crippen LogP contribution in [0.15, 0.2) is 33.9 Å². The van der Waals surface area contributed by atoms with E-state index in [0.29, 0.717) is 6.42 Å². The third kappa shape index (κ3) is 4.09. The number of allylic oxidation sites excluding steroid dienone is 6. The molecular formula is C14H19BrO. The summed E-state index contributed by atoms with van der Waals surface area (Å²) in [6.45, 7) is 4.08. The van der Waals surface area contributed by atoms with Gasteiger partial charge in [-0.1, -0.05) is 35.0 Å². The highest BCUT2D eigenvalue weighted by Crippen LogP contribution is 2.22. The van der Waals surface area contributed by atoms with Crippen molar-refractivity contribution >= 4 is 21.7 Å². The summed E-state index contributed by atoms with van der Waals surface area (Å²) < 4.78 is 1.12. The largest absolute Gasteiger partial charge is 0.294 e. The lowest BCUT2D eigenvalue weighted by Gasteiger charge is -2.03. The molecule has 0 aromatic rings. The molecule has 0 spiro atoms. The Bertz CT molecular complexity index is 348. The molecule has 0 radical (unpaired) electrons. The van der Waals surface area contributed by atoms with Crippen LogP contribution >= 0.6 is 15.9 Å². The van der Waals surface area contributed by atoms with Crippen molar-refractivity contribution in [3.63, 3.8) is 0 Å². The Balaban J connectivity index is 2.93. The predicted octanol–water partition coefficient (Wildman–Crippen LogP) is 4.69. The molecule has 0 amide bonds. The number of rotatable bonds is 3. The number of Topliss-reactive ketones (excluding diaryl/α,β-unsaturated/α-hetero) is 1. The van der Waals surface area contributed by atoms with Gasteiger partial charge in [0, 0.05) is 16.5 Å². The van der Waals surface area contributed by atoms with Gasteiger partial charge < -0.3 is 0 Å². The van der Waals surface area contributed by atoms with Gasteiger partial charge in [0.05, 0.1) is 0 Å². The smallest absolute Gasteiger partial charge is 0.162 e. The molecule has 0 bridgehead atoms. The van der Waals surface area contributed by atoms with E-state index in [2.05, 4.69) is 28.1 Å². The Labute approximate surface area is 106 Å². The summed E-state index contributed by atoms with van der Waals surface area (Å²) >= 11 is 3.54. The van der Waals surface area contributed by atoms with E-state index in [0.717, 1.165) is 41.3 Å². The van der Waals surface area contributed by atoms with Crippen LogP contribution in [-0.2, 0) is 4.79 Å². The van der Waals surface area contributed by atoms with Crippen LogP contribution in [0.3, 0.4) is 0 Å². The van der Waals surface area contributed by atoms with Crippen molar-refractivity contribution in [1.29, 1.82) is 0 Å². The van der Waals surface area contributed by atoms with Crippen LogP contribution in [0.4, 0.5) is 0 Å². The van der Waals surface area contributed by atoms with Crippen molar-refractivity contribution in [2.75, 3.05) is 0 Å². The third-order valence-electron chi connectivity index (χ3n) is 2.64. The topological polar surface area (TPSA) is 17.1 Å². The van der Waals surface area contributed by atoms with E-state index in [1.54, 1.807) is 0 Å². The molecule has 0 unspecified atom stereocenters. The Morgan fingerprint density at radius 3 is 2.75 bits per heavy atom. The van der Waals surface area contributed by atoms with Gasteiger partial charge in [-0.15, -0.1) is 0 Å². The van der Waals surface area contributed by atoms with E-state index < -0.39 is 0 Å². The first-order chi connectivity index (χ1) is 7.65. The summed E-state index contributed by atoms with van der Waals surface area (Å²) in [7, 11) is 0. The Morgan fingerprint density at radius 2 is 2.06 bits per heavy atom. The molecule has 0 aromatic heterocycles. The fourth-order valence-electron chi connectivity index (χ4n) is 1.69. The SMILES string of the molecule is CCCC(=O)C1=C\CCCC=C(Br)/C(C)=C\1. The van der Waals surface area contributed by atoms with Crippen molar-refractivity contribution in [3.8, 4) is 0 Å². The Hall–Kier alpha value is -0.630. The van der Waals surface area contributed by atoms with Crippen LogP contribution < -0.4 is 0 Å². The number of halogens is 1. The molecule has 1 aliphatic carbocycles. The first-order valence-corrected chi connectivity index (χ1v) is 6.72. The molecule has 2 heteroatoms.